The number of hydrogen-bond acceptors (Lipinski definition) is 5. The fourth-order valence-corrected chi connectivity index (χ4v) is 2.93. The second-order valence-corrected chi connectivity index (χ2v) is 5.27. The van der Waals surface area contributed by atoms with Crippen LogP contribution in [-0.4, -0.2) is 24.1 Å². The van der Waals surface area contributed by atoms with Gasteiger partial charge < -0.3 is 10.1 Å². The number of nitrogens with one attached hydrogen (secondary N) is 1. The fourth-order valence-electron chi connectivity index (χ4n) is 2.14. The summed E-state index contributed by atoms with van der Waals surface area (Å²) >= 11 is 0.920. The van der Waals surface area contributed by atoms with Crippen molar-refractivity contribution in [1.29, 1.82) is 0 Å². The molecule has 0 radical (unpaired) electrons. The topological polar surface area (TPSA) is 51.2 Å². The van der Waals surface area contributed by atoms with E-state index in [-0.39, 0.29) is 23.1 Å². The second kappa shape index (κ2) is 5.36. The molecule has 1 fully saturated rings. The molecule has 2 atom stereocenters. The Bertz CT molecular complexity index is 461. The van der Waals surface area contributed by atoms with Crippen LogP contribution in [0, 0.1) is 5.92 Å². The molecule has 0 bridgehead atoms. The van der Waals surface area contributed by atoms with Crippen molar-refractivity contribution in [2.75, 3.05) is 12.4 Å². The van der Waals surface area contributed by atoms with Crippen molar-refractivity contribution in [3.63, 3.8) is 0 Å². The summed E-state index contributed by atoms with van der Waals surface area (Å²) in [4.78, 5) is 14.8. The second-order valence-electron chi connectivity index (χ2n) is 4.41. The molecule has 1 heterocycles. The van der Waals surface area contributed by atoms with E-state index in [0.29, 0.717) is 12.8 Å². The monoisotopic (exact) mass is 294 g/mol. The standard InChI is InChI=1S/C11H13F3N2O2S/c1-18-9(17)6-2-3-7(4-6)15-10-16-8(5-19-10)11(12,13)14/h5-7H,2-4H2,1H3,(H,15,16)/t6-,7+/m0/s1. The maximum Gasteiger partial charge on any atom is 0.434 e. The van der Waals surface area contributed by atoms with Crippen LogP contribution in [-0.2, 0) is 15.7 Å². The highest BCUT2D eigenvalue weighted by Crippen LogP contribution is 2.34. The highest BCUT2D eigenvalue weighted by Gasteiger charge is 2.35. The lowest BCUT2D eigenvalue weighted by atomic mass is 10.1. The zero-order valence-corrected chi connectivity index (χ0v) is 11.0. The molecular weight excluding hydrogens is 281 g/mol. The molecule has 0 spiro atoms. The molecule has 8 heteroatoms. The summed E-state index contributed by atoms with van der Waals surface area (Å²) in [5.74, 6) is -0.441. The molecule has 4 nitrogen and oxygen atoms in total. The number of ether oxygens (including phenoxy) is 1. The van der Waals surface area contributed by atoms with Crippen LogP contribution in [0.4, 0.5) is 18.3 Å². The van der Waals surface area contributed by atoms with Crippen LogP contribution in [0.5, 0.6) is 0 Å². The molecule has 0 unspecified atom stereocenters. The van der Waals surface area contributed by atoms with Gasteiger partial charge in [-0.05, 0) is 19.3 Å². The highest BCUT2D eigenvalue weighted by atomic mass is 32.1. The first kappa shape index (κ1) is 14.1. The molecule has 1 N–H and O–H groups in total. The van der Waals surface area contributed by atoms with E-state index in [1.54, 1.807) is 0 Å². The number of carbonyl (C=O) groups is 1. The SMILES string of the molecule is COC(=O)[C@H]1CC[C@@H](Nc2nc(C(F)(F)F)cs2)C1. The van der Waals surface area contributed by atoms with Gasteiger partial charge in [0, 0.05) is 11.4 Å². The Morgan fingerprint density at radius 3 is 2.84 bits per heavy atom. The van der Waals surface area contributed by atoms with E-state index in [1.807, 2.05) is 0 Å². The molecule has 0 aliphatic heterocycles. The number of aromatic nitrogens is 1. The number of methoxy groups -OCH3 is 1. The summed E-state index contributed by atoms with van der Waals surface area (Å²) in [6.45, 7) is 0. The summed E-state index contributed by atoms with van der Waals surface area (Å²) in [6.07, 6.45) is -2.45. The fraction of sp³-hybridized carbons (Fsp3) is 0.636. The summed E-state index contributed by atoms with van der Waals surface area (Å²) in [6, 6.07) is -0.0312. The highest BCUT2D eigenvalue weighted by molar-refractivity contribution is 7.13. The van der Waals surface area contributed by atoms with Crippen molar-refractivity contribution in [3.8, 4) is 0 Å². The smallest absolute Gasteiger partial charge is 0.434 e. The number of alkyl halides is 3. The average molecular weight is 294 g/mol. The van der Waals surface area contributed by atoms with Gasteiger partial charge in [-0.1, -0.05) is 0 Å². The van der Waals surface area contributed by atoms with Crippen molar-refractivity contribution in [1.82, 2.24) is 4.98 Å². The molecule has 2 rings (SSSR count). The van der Waals surface area contributed by atoms with Gasteiger partial charge in [-0.2, -0.15) is 13.2 Å². The maximum absolute atomic E-state index is 12.4. The van der Waals surface area contributed by atoms with Crippen LogP contribution in [0.3, 0.4) is 0 Å². The van der Waals surface area contributed by atoms with Crippen molar-refractivity contribution in [2.45, 2.75) is 31.5 Å². The quantitative estimate of drug-likeness (QED) is 0.871. The van der Waals surface area contributed by atoms with E-state index < -0.39 is 11.9 Å². The third kappa shape index (κ3) is 3.37. The predicted molar refractivity (Wildman–Crippen MR) is 63.9 cm³/mol. The summed E-state index contributed by atoms with van der Waals surface area (Å²) in [5, 5.41) is 4.16. The van der Waals surface area contributed by atoms with Gasteiger partial charge in [0.15, 0.2) is 10.8 Å². The van der Waals surface area contributed by atoms with E-state index in [2.05, 4.69) is 15.0 Å². The maximum atomic E-state index is 12.4. The lowest BCUT2D eigenvalue weighted by Crippen LogP contribution is -2.19. The Morgan fingerprint density at radius 1 is 1.53 bits per heavy atom. The molecule has 1 aromatic heterocycles. The molecule has 1 saturated carbocycles. The Kier molecular flexibility index (Phi) is 3.98. The van der Waals surface area contributed by atoms with E-state index >= 15 is 0 Å². The number of esters is 1. The van der Waals surface area contributed by atoms with Crippen molar-refractivity contribution >= 4 is 22.4 Å². The van der Waals surface area contributed by atoms with Crippen molar-refractivity contribution < 1.29 is 22.7 Å². The van der Waals surface area contributed by atoms with Gasteiger partial charge in [-0.25, -0.2) is 4.98 Å². The third-order valence-electron chi connectivity index (χ3n) is 3.09. The summed E-state index contributed by atoms with van der Waals surface area (Å²) in [7, 11) is 1.33. The molecular formula is C11H13F3N2O2S. The van der Waals surface area contributed by atoms with Gasteiger partial charge in [0.05, 0.1) is 13.0 Å². The van der Waals surface area contributed by atoms with E-state index in [0.717, 1.165) is 23.1 Å². The normalized spacial score (nSPS) is 23.4. The number of anilines is 1. The van der Waals surface area contributed by atoms with E-state index in [9.17, 15) is 18.0 Å². The Hall–Kier alpha value is -1.31. The van der Waals surface area contributed by atoms with Gasteiger partial charge in [0.2, 0.25) is 0 Å². The van der Waals surface area contributed by atoms with Crippen LogP contribution in [0.15, 0.2) is 5.38 Å². The Labute approximate surface area is 112 Å². The minimum Gasteiger partial charge on any atom is -0.469 e. The van der Waals surface area contributed by atoms with Gasteiger partial charge in [0.1, 0.15) is 0 Å². The molecule has 1 aromatic rings. The first-order valence-electron chi connectivity index (χ1n) is 5.77. The first-order valence-corrected chi connectivity index (χ1v) is 6.65. The van der Waals surface area contributed by atoms with Crippen LogP contribution >= 0.6 is 11.3 Å². The lowest BCUT2D eigenvalue weighted by Gasteiger charge is -2.11. The van der Waals surface area contributed by atoms with Crippen molar-refractivity contribution in [2.24, 2.45) is 5.92 Å². The van der Waals surface area contributed by atoms with Crippen LogP contribution in [0.1, 0.15) is 25.0 Å². The number of hydrogen-bond donors (Lipinski definition) is 1. The van der Waals surface area contributed by atoms with Crippen molar-refractivity contribution in [3.05, 3.63) is 11.1 Å². The van der Waals surface area contributed by atoms with E-state index in [4.69, 9.17) is 0 Å². The van der Waals surface area contributed by atoms with E-state index in [1.165, 1.54) is 7.11 Å². The van der Waals surface area contributed by atoms with Gasteiger partial charge in [0.25, 0.3) is 0 Å². The number of halogens is 3. The molecule has 0 amide bonds. The largest absolute Gasteiger partial charge is 0.469 e. The summed E-state index contributed by atoms with van der Waals surface area (Å²) in [5.41, 5.74) is -0.887. The Balaban J connectivity index is 1.92. The molecule has 0 aromatic carbocycles. The molecule has 1 aliphatic carbocycles. The van der Waals surface area contributed by atoms with Gasteiger partial charge >= 0.3 is 12.1 Å². The third-order valence-corrected chi connectivity index (χ3v) is 3.86. The zero-order valence-electron chi connectivity index (χ0n) is 10.2. The summed E-state index contributed by atoms with van der Waals surface area (Å²) < 4.78 is 41.8. The molecule has 19 heavy (non-hydrogen) atoms. The minimum atomic E-state index is -4.42. The average Bonchev–Trinajstić information content (AvgIpc) is 2.97. The van der Waals surface area contributed by atoms with Crippen LogP contribution in [0.2, 0.25) is 0 Å². The minimum absolute atomic E-state index is 0.0312. The number of thiazole rings is 1. The van der Waals surface area contributed by atoms with Gasteiger partial charge in [-0.3, -0.25) is 4.79 Å². The number of rotatable bonds is 3. The number of nitrogens with zero attached hydrogens (tertiary/aromatic N) is 1. The lowest BCUT2D eigenvalue weighted by molar-refractivity contribution is -0.145. The van der Waals surface area contributed by atoms with Crippen LogP contribution in [0.25, 0.3) is 0 Å². The number of carbonyl (C=O) groups excluding carboxylic acids is 1. The van der Waals surface area contributed by atoms with Crippen LogP contribution < -0.4 is 5.32 Å². The first-order chi connectivity index (χ1) is 8.90. The molecule has 0 saturated heterocycles. The molecule has 106 valence electrons. The van der Waals surface area contributed by atoms with Gasteiger partial charge in [-0.15, -0.1) is 11.3 Å². The molecule has 1 aliphatic rings. The Morgan fingerprint density at radius 2 is 2.26 bits per heavy atom. The predicted octanol–water partition coefficient (Wildman–Crippen LogP) is 2.92. The zero-order chi connectivity index (χ0) is 14.0.